The summed E-state index contributed by atoms with van der Waals surface area (Å²) in [6, 6.07) is 14.3. The quantitative estimate of drug-likeness (QED) is 0.381. The van der Waals surface area contributed by atoms with Crippen molar-refractivity contribution in [2.45, 2.75) is 33.6 Å². The summed E-state index contributed by atoms with van der Waals surface area (Å²) in [7, 11) is 0. The number of fused-ring (bicyclic) bond motifs is 2. The summed E-state index contributed by atoms with van der Waals surface area (Å²) in [6.45, 7) is 6.27. The van der Waals surface area contributed by atoms with Crippen LogP contribution in [0.25, 0.3) is 0 Å². The third-order valence-corrected chi connectivity index (χ3v) is 7.13. The molecule has 0 heterocycles. The summed E-state index contributed by atoms with van der Waals surface area (Å²) < 4.78 is 0. The van der Waals surface area contributed by atoms with Crippen LogP contribution in [0.1, 0.15) is 44.0 Å². The molecule has 2 bridgehead atoms. The predicted octanol–water partition coefficient (Wildman–Crippen LogP) is 5.08. The van der Waals surface area contributed by atoms with E-state index >= 15 is 0 Å². The smallest absolute Gasteiger partial charge is 0.331 e. The molecule has 0 amide bonds. The number of rotatable bonds is 5. The van der Waals surface area contributed by atoms with Gasteiger partial charge in [0.1, 0.15) is 0 Å². The lowest BCUT2D eigenvalue weighted by molar-refractivity contribution is -0.384. The van der Waals surface area contributed by atoms with E-state index in [0.717, 1.165) is 12.8 Å². The third-order valence-electron chi connectivity index (χ3n) is 7.13. The van der Waals surface area contributed by atoms with Gasteiger partial charge in [-0.15, -0.1) is 0 Å². The Bertz CT molecular complexity index is 1070. The van der Waals surface area contributed by atoms with Crippen molar-refractivity contribution in [3.05, 3.63) is 82.0 Å². The van der Waals surface area contributed by atoms with Gasteiger partial charge in [-0.2, -0.15) is 5.06 Å². The summed E-state index contributed by atoms with van der Waals surface area (Å²) in [5.41, 5.74) is 0.746. The number of hydrogen-bond acceptors (Lipinski definition) is 6. The van der Waals surface area contributed by atoms with Crippen LogP contribution < -0.4 is 5.06 Å². The molecule has 0 saturated heterocycles. The van der Waals surface area contributed by atoms with E-state index in [1.54, 1.807) is 18.3 Å². The van der Waals surface area contributed by atoms with Crippen molar-refractivity contribution in [1.29, 1.82) is 0 Å². The van der Waals surface area contributed by atoms with Gasteiger partial charge in [-0.05, 0) is 48.4 Å². The average Bonchev–Trinajstić information content (AvgIpc) is 3.07. The van der Waals surface area contributed by atoms with Crippen molar-refractivity contribution in [2.75, 3.05) is 5.06 Å². The number of hydrogen-bond donors (Lipinski definition) is 0. The average molecular weight is 420 g/mol. The van der Waals surface area contributed by atoms with E-state index in [1.807, 2.05) is 25.1 Å². The predicted molar refractivity (Wildman–Crippen MR) is 115 cm³/mol. The van der Waals surface area contributed by atoms with Gasteiger partial charge in [-0.25, -0.2) is 4.79 Å². The molecule has 4 rings (SSSR count). The van der Waals surface area contributed by atoms with Crippen molar-refractivity contribution in [2.24, 2.45) is 16.7 Å². The molecular weight excluding hydrogens is 396 g/mol. The lowest BCUT2D eigenvalue weighted by atomic mass is 9.70. The van der Waals surface area contributed by atoms with E-state index in [9.17, 15) is 19.7 Å². The minimum atomic E-state index is -0.670. The first-order chi connectivity index (χ1) is 14.6. The molecule has 7 heteroatoms. The van der Waals surface area contributed by atoms with Gasteiger partial charge in [0.05, 0.1) is 22.4 Å². The maximum absolute atomic E-state index is 13.2. The number of nitrogens with zero attached hydrogens (tertiary/aromatic N) is 2. The highest BCUT2D eigenvalue weighted by atomic mass is 16.7. The Balaban J connectivity index is 1.67. The van der Waals surface area contributed by atoms with Crippen LogP contribution in [0.5, 0.6) is 0 Å². The molecule has 0 spiro atoms. The highest BCUT2D eigenvalue weighted by molar-refractivity contribution is 6.05. The Morgan fingerprint density at radius 2 is 1.77 bits per heavy atom. The number of ketones is 1. The van der Waals surface area contributed by atoms with Crippen LogP contribution in [-0.2, 0) is 9.63 Å². The Morgan fingerprint density at radius 1 is 1.13 bits per heavy atom. The van der Waals surface area contributed by atoms with Crippen LogP contribution in [0.15, 0.2) is 66.4 Å². The van der Waals surface area contributed by atoms with Gasteiger partial charge in [0.15, 0.2) is 5.78 Å². The van der Waals surface area contributed by atoms with Gasteiger partial charge in [0.25, 0.3) is 5.69 Å². The lowest BCUT2D eigenvalue weighted by Gasteiger charge is -2.31. The highest BCUT2D eigenvalue weighted by Crippen LogP contribution is 2.65. The summed E-state index contributed by atoms with van der Waals surface area (Å²) in [6.07, 6.45) is 3.41. The molecule has 0 radical (unpaired) electrons. The Hall–Kier alpha value is -3.48. The van der Waals surface area contributed by atoms with E-state index in [0.29, 0.717) is 11.3 Å². The van der Waals surface area contributed by atoms with Crippen molar-refractivity contribution >= 4 is 23.1 Å². The molecular formula is C24H24N2O5. The van der Waals surface area contributed by atoms with Crippen LogP contribution in [0, 0.1) is 26.9 Å². The van der Waals surface area contributed by atoms with E-state index in [2.05, 4.69) is 13.8 Å². The largest absolute Gasteiger partial charge is 0.363 e. The SMILES string of the molecule is CC12CCC(C(=CN(OC(=O)c3ccc([N+](=O)[O-])cc3)c3ccccc3)C1=O)C2(C)C. The minimum Gasteiger partial charge on any atom is -0.331 e. The van der Waals surface area contributed by atoms with Gasteiger partial charge >= 0.3 is 5.97 Å². The third kappa shape index (κ3) is 3.30. The van der Waals surface area contributed by atoms with Crippen molar-refractivity contribution in [3.8, 4) is 0 Å². The van der Waals surface area contributed by atoms with Gasteiger partial charge in [0.2, 0.25) is 0 Å². The molecule has 0 aromatic heterocycles. The van der Waals surface area contributed by atoms with E-state index in [1.165, 1.54) is 29.3 Å². The number of carbonyl (C=O) groups is 2. The van der Waals surface area contributed by atoms with E-state index in [-0.39, 0.29) is 28.4 Å². The zero-order valence-corrected chi connectivity index (χ0v) is 17.7. The number of nitro benzene ring substituents is 1. The first-order valence-corrected chi connectivity index (χ1v) is 10.2. The molecule has 2 fully saturated rings. The van der Waals surface area contributed by atoms with Crippen molar-refractivity contribution in [3.63, 3.8) is 0 Å². The first-order valence-electron chi connectivity index (χ1n) is 10.2. The summed E-state index contributed by atoms with van der Waals surface area (Å²) in [4.78, 5) is 42.0. The van der Waals surface area contributed by atoms with Gasteiger partial charge < -0.3 is 4.84 Å². The molecule has 2 aromatic carbocycles. The monoisotopic (exact) mass is 420 g/mol. The number of nitro groups is 1. The molecule has 2 unspecified atom stereocenters. The second kappa shape index (κ2) is 7.34. The molecule has 0 N–H and O–H groups in total. The first kappa shape index (κ1) is 20.8. The maximum atomic E-state index is 13.2. The van der Waals surface area contributed by atoms with Crippen molar-refractivity contribution in [1.82, 2.24) is 0 Å². The number of allylic oxidation sites excluding steroid dienone is 1. The molecule has 31 heavy (non-hydrogen) atoms. The fraction of sp³-hybridized carbons (Fsp3) is 0.333. The molecule has 160 valence electrons. The van der Waals surface area contributed by atoms with Crippen LogP contribution in [0.2, 0.25) is 0 Å². The van der Waals surface area contributed by atoms with E-state index in [4.69, 9.17) is 4.84 Å². The number of carbonyl (C=O) groups excluding carboxylic acids is 2. The summed E-state index contributed by atoms with van der Waals surface area (Å²) in [5, 5.41) is 12.2. The number of Topliss-reactive ketones (excluding diaryl/α,β-unsaturated/α-hetero) is 1. The fourth-order valence-electron chi connectivity index (χ4n) is 4.79. The van der Waals surface area contributed by atoms with Crippen LogP contribution in [0.4, 0.5) is 11.4 Å². The van der Waals surface area contributed by atoms with Crippen molar-refractivity contribution < 1.29 is 19.3 Å². The number of para-hydroxylation sites is 1. The second-order valence-corrected chi connectivity index (χ2v) is 8.90. The normalized spacial score (nSPS) is 24.9. The summed E-state index contributed by atoms with van der Waals surface area (Å²) in [5.74, 6) is -0.480. The summed E-state index contributed by atoms with van der Waals surface area (Å²) >= 11 is 0. The van der Waals surface area contributed by atoms with Gasteiger partial charge in [0, 0.05) is 23.1 Å². The zero-order chi connectivity index (χ0) is 22.4. The highest BCUT2D eigenvalue weighted by Gasteiger charge is 2.64. The molecule has 7 nitrogen and oxygen atoms in total. The molecule has 0 aliphatic heterocycles. The van der Waals surface area contributed by atoms with Crippen LogP contribution >= 0.6 is 0 Å². The Kier molecular flexibility index (Phi) is 4.92. The zero-order valence-electron chi connectivity index (χ0n) is 17.7. The molecule has 2 atom stereocenters. The molecule has 2 saturated carbocycles. The lowest BCUT2D eigenvalue weighted by Crippen LogP contribution is -2.32. The van der Waals surface area contributed by atoms with Gasteiger partial charge in [-0.3, -0.25) is 14.9 Å². The standard InChI is InChI=1S/C24H24N2O5/c1-23(2)20-13-14-24(23,3)21(27)19(20)15-25(17-7-5-4-6-8-17)31-22(28)16-9-11-18(12-10-16)26(29)30/h4-12,15,20H,13-14H2,1-3H3. The molecule has 2 aliphatic rings. The van der Waals surface area contributed by atoms with E-state index < -0.39 is 16.3 Å². The number of hydroxylamine groups is 1. The van der Waals surface area contributed by atoms with Gasteiger partial charge in [-0.1, -0.05) is 39.0 Å². The fourth-order valence-corrected chi connectivity index (χ4v) is 4.79. The topological polar surface area (TPSA) is 89.8 Å². The molecule has 2 aliphatic carbocycles. The Labute approximate surface area is 180 Å². The maximum Gasteiger partial charge on any atom is 0.363 e. The molecule has 2 aromatic rings. The number of non-ortho nitro benzene ring substituents is 1. The van der Waals surface area contributed by atoms with Crippen LogP contribution in [-0.4, -0.2) is 16.7 Å². The minimum absolute atomic E-state index is 0.0919. The second-order valence-electron chi connectivity index (χ2n) is 8.90. The van der Waals surface area contributed by atoms with Crippen LogP contribution in [0.3, 0.4) is 0 Å². The number of benzene rings is 2. The Morgan fingerprint density at radius 3 is 2.32 bits per heavy atom. The number of anilines is 1.